The number of halogens is 1. The topological polar surface area (TPSA) is 0 Å². The van der Waals surface area contributed by atoms with Crippen LogP contribution in [0.15, 0.2) is 0 Å². The molecule has 0 aromatic carbocycles. The normalized spacial score (nSPS) is 11.4. The molecular weight excluding hydrogens is 237 g/mol. The van der Waals surface area contributed by atoms with Gasteiger partial charge < -0.3 is 28.5 Å². The van der Waals surface area contributed by atoms with Crippen molar-refractivity contribution in [1.29, 1.82) is 0 Å². The van der Waals surface area contributed by atoms with E-state index in [2.05, 4.69) is 34.9 Å². The fourth-order valence-corrected chi connectivity index (χ4v) is 1.12. The van der Waals surface area contributed by atoms with Gasteiger partial charge in [0.25, 0.3) is 0 Å². The fraction of sp³-hybridized carbons (Fsp3) is 1.00. The third-order valence-electron chi connectivity index (χ3n) is 1.72. The molecule has 0 saturated heterocycles. The monoisotopic (exact) mass is 257 g/mol. The van der Waals surface area contributed by atoms with Crippen molar-refractivity contribution in [2.75, 3.05) is 27.2 Å². The molecule has 2 heteroatoms. The van der Waals surface area contributed by atoms with Crippen molar-refractivity contribution < 1.29 is 28.5 Å². The molecule has 0 aliphatic heterocycles. The van der Waals surface area contributed by atoms with Crippen LogP contribution in [0.5, 0.6) is 0 Å². The molecule has 0 aliphatic rings. The highest BCUT2D eigenvalue weighted by molar-refractivity contribution is 4.39. The lowest BCUT2D eigenvalue weighted by molar-refractivity contribution is -0.891. The minimum absolute atomic E-state index is 0. The average Bonchev–Trinajstić information content (AvgIpc) is 1.63. The van der Waals surface area contributed by atoms with Crippen LogP contribution in [0.25, 0.3) is 0 Å². The summed E-state index contributed by atoms with van der Waals surface area (Å²) >= 11 is 0. The van der Waals surface area contributed by atoms with Gasteiger partial charge in [0.2, 0.25) is 0 Å². The summed E-state index contributed by atoms with van der Waals surface area (Å²) in [5.41, 5.74) is 0. The van der Waals surface area contributed by atoms with Gasteiger partial charge in [0.1, 0.15) is 0 Å². The Labute approximate surface area is 82.4 Å². The van der Waals surface area contributed by atoms with E-state index in [1.165, 1.54) is 13.1 Å². The van der Waals surface area contributed by atoms with Crippen LogP contribution in [0, 0.1) is 5.92 Å². The third-order valence-corrected chi connectivity index (χ3v) is 1.72. The summed E-state index contributed by atoms with van der Waals surface area (Å²) in [6, 6.07) is 0. The van der Waals surface area contributed by atoms with Gasteiger partial charge in [0, 0.05) is 5.92 Å². The average molecular weight is 257 g/mol. The maximum Gasteiger partial charge on any atom is 0.0805 e. The molecule has 0 fully saturated rings. The molecule has 0 amide bonds. The second kappa shape index (κ2) is 5.35. The lowest BCUT2D eigenvalue weighted by Crippen LogP contribution is -3.00. The van der Waals surface area contributed by atoms with Crippen LogP contribution >= 0.6 is 0 Å². The van der Waals surface area contributed by atoms with Crippen molar-refractivity contribution in [2.24, 2.45) is 5.92 Å². The van der Waals surface area contributed by atoms with Crippen LogP contribution in [0.4, 0.5) is 0 Å². The Hall–Kier alpha value is 0.690. The largest absolute Gasteiger partial charge is 1.00 e. The molecule has 0 N–H and O–H groups in total. The molecule has 0 saturated carbocycles. The zero-order valence-corrected chi connectivity index (χ0v) is 9.97. The Morgan fingerprint density at radius 1 is 1.20 bits per heavy atom. The van der Waals surface area contributed by atoms with Gasteiger partial charge in [-0.15, -0.1) is 0 Å². The highest BCUT2D eigenvalue weighted by atomic mass is 127. The molecule has 0 aliphatic carbocycles. The molecule has 0 aromatic heterocycles. The smallest absolute Gasteiger partial charge is 0.0805 e. The molecule has 10 heavy (non-hydrogen) atoms. The van der Waals surface area contributed by atoms with E-state index in [0.29, 0.717) is 0 Å². The van der Waals surface area contributed by atoms with Crippen LogP contribution in [0.2, 0.25) is 0 Å². The molecule has 0 atom stereocenters. The van der Waals surface area contributed by atoms with E-state index in [1.54, 1.807) is 0 Å². The van der Waals surface area contributed by atoms with Gasteiger partial charge in [-0.25, -0.2) is 0 Å². The Bertz CT molecular complexity index is 79.3. The fourth-order valence-electron chi connectivity index (χ4n) is 1.12. The Morgan fingerprint density at radius 3 is 1.70 bits per heavy atom. The summed E-state index contributed by atoms with van der Waals surface area (Å²) < 4.78 is 1.15. The Morgan fingerprint density at radius 2 is 1.60 bits per heavy atom. The van der Waals surface area contributed by atoms with E-state index in [0.717, 1.165) is 10.4 Å². The molecule has 0 unspecified atom stereocenters. The standard InChI is InChI=1S/C8H20N.HI/c1-6-9(4,5)7-8(2)3;/h8H,6-7H2,1-5H3;1H/q+1;/p-1. The Balaban J connectivity index is 0. The minimum atomic E-state index is 0. The van der Waals surface area contributed by atoms with Crippen LogP contribution in [0.1, 0.15) is 20.8 Å². The number of quaternary nitrogens is 1. The predicted octanol–water partition coefficient (Wildman–Crippen LogP) is -1.26. The number of hydrogen-bond donors (Lipinski definition) is 0. The quantitative estimate of drug-likeness (QED) is 0.437. The molecule has 0 rings (SSSR count). The molecule has 64 valence electrons. The first-order chi connectivity index (χ1) is 3.98. The summed E-state index contributed by atoms with van der Waals surface area (Å²) in [7, 11) is 4.56. The van der Waals surface area contributed by atoms with E-state index in [9.17, 15) is 0 Å². The molecule has 0 spiro atoms. The van der Waals surface area contributed by atoms with Gasteiger partial charge in [-0.1, -0.05) is 13.8 Å². The van der Waals surface area contributed by atoms with E-state index in [4.69, 9.17) is 0 Å². The van der Waals surface area contributed by atoms with Gasteiger partial charge >= 0.3 is 0 Å². The summed E-state index contributed by atoms with van der Waals surface area (Å²) in [6.45, 7) is 9.31. The molecule has 0 aromatic rings. The second-order valence-electron chi connectivity index (χ2n) is 3.83. The first-order valence-corrected chi connectivity index (χ1v) is 3.80. The molecule has 0 radical (unpaired) electrons. The van der Waals surface area contributed by atoms with E-state index in [-0.39, 0.29) is 24.0 Å². The van der Waals surface area contributed by atoms with Crippen LogP contribution in [-0.2, 0) is 0 Å². The maximum absolute atomic E-state index is 2.28. The lowest BCUT2D eigenvalue weighted by atomic mass is 10.2. The highest BCUT2D eigenvalue weighted by Crippen LogP contribution is 2.02. The zero-order chi connectivity index (χ0) is 7.49. The van der Waals surface area contributed by atoms with Crippen molar-refractivity contribution in [1.82, 2.24) is 0 Å². The predicted molar refractivity (Wildman–Crippen MR) is 42.4 cm³/mol. The summed E-state index contributed by atoms with van der Waals surface area (Å²) in [5.74, 6) is 0.819. The van der Waals surface area contributed by atoms with Gasteiger partial charge in [-0.05, 0) is 6.92 Å². The van der Waals surface area contributed by atoms with Gasteiger partial charge in [-0.3, -0.25) is 0 Å². The van der Waals surface area contributed by atoms with Crippen LogP contribution in [0.3, 0.4) is 0 Å². The van der Waals surface area contributed by atoms with Crippen molar-refractivity contribution in [2.45, 2.75) is 20.8 Å². The molecule has 1 nitrogen and oxygen atoms in total. The van der Waals surface area contributed by atoms with Crippen LogP contribution < -0.4 is 24.0 Å². The molecule has 0 bridgehead atoms. The Kier molecular flexibility index (Phi) is 7.12. The number of nitrogens with zero attached hydrogens (tertiary/aromatic N) is 1. The molecular formula is C8H20IN. The maximum atomic E-state index is 2.28. The highest BCUT2D eigenvalue weighted by Gasteiger charge is 2.12. The van der Waals surface area contributed by atoms with Crippen LogP contribution in [-0.4, -0.2) is 31.7 Å². The second-order valence-corrected chi connectivity index (χ2v) is 3.83. The third kappa shape index (κ3) is 6.81. The van der Waals surface area contributed by atoms with Gasteiger partial charge in [0.15, 0.2) is 0 Å². The summed E-state index contributed by atoms with van der Waals surface area (Å²) in [5, 5.41) is 0. The van der Waals surface area contributed by atoms with Gasteiger partial charge in [-0.2, -0.15) is 0 Å². The first-order valence-electron chi connectivity index (χ1n) is 3.80. The minimum Gasteiger partial charge on any atom is -1.00 e. The SMILES string of the molecule is CC[N+](C)(C)CC(C)C.[I-]. The van der Waals surface area contributed by atoms with Crippen molar-refractivity contribution >= 4 is 0 Å². The molecule has 0 heterocycles. The van der Waals surface area contributed by atoms with Gasteiger partial charge in [0.05, 0.1) is 27.2 Å². The van der Waals surface area contributed by atoms with Crippen molar-refractivity contribution in [3.8, 4) is 0 Å². The zero-order valence-electron chi connectivity index (χ0n) is 7.82. The van der Waals surface area contributed by atoms with E-state index < -0.39 is 0 Å². The number of rotatable bonds is 3. The first kappa shape index (κ1) is 13.3. The van der Waals surface area contributed by atoms with Crippen molar-refractivity contribution in [3.63, 3.8) is 0 Å². The van der Waals surface area contributed by atoms with E-state index in [1.807, 2.05) is 0 Å². The summed E-state index contributed by atoms with van der Waals surface area (Å²) in [4.78, 5) is 0. The van der Waals surface area contributed by atoms with Crippen molar-refractivity contribution in [3.05, 3.63) is 0 Å². The van der Waals surface area contributed by atoms with E-state index >= 15 is 0 Å². The number of hydrogen-bond acceptors (Lipinski definition) is 0. The summed E-state index contributed by atoms with van der Waals surface area (Å²) in [6.07, 6.45) is 0. The lowest BCUT2D eigenvalue weighted by Gasteiger charge is -2.29.